The molecule has 310 valence electrons. The predicted molar refractivity (Wildman–Crippen MR) is 291 cm³/mol. The first-order valence-electron chi connectivity index (χ1n) is 23.8. The zero-order valence-electron chi connectivity index (χ0n) is 36.7. The van der Waals surface area contributed by atoms with Crippen LogP contribution in [0.4, 0.5) is 0 Å². The van der Waals surface area contributed by atoms with Gasteiger partial charge in [0, 0.05) is 43.1 Å². The Morgan fingerprint density at radius 2 is 0.618 bits per heavy atom. The molecule has 0 spiro atoms. The van der Waals surface area contributed by atoms with E-state index in [1.807, 2.05) is 0 Å². The first-order valence-corrected chi connectivity index (χ1v) is 23.8. The second-order valence-electron chi connectivity index (χ2n) is 19.0. The molecule has 0 saturated heterocycles. The fourth-order valence-corrected chi connectivity index (χ4v) is 13.3. The van der Waals surface area contributed by atoms with Gasteiger partial charge in [-0.15, -0.1) is 0 Å². The number of hydrogen-bond donors (Lipinski definition) is 0. The summed E-state index contributed by atoms with van der Waals surface area (Å²) in [5, 5.41) is 23.2. The van der Waals surface area contributed by atoms with Crippen LogP contribution in [-0.2, 0) is 0 Å². The molecule has 0 aliphatic carbocycles. The summed E-state index contributed by atoms with van der Waals surface area (Å²) in [5.74, 6) is 0. The molecule has 68 heavy (non-hydrogen) atoms. The Balaban J connectivity index is 1.05. The molecule has 0 fully saturated rings. The summed E-state index contributed by atoms with van der Waals surface area (Å²) in [6.07, 6.45) is 0. The van der Waals surface area contributed by atoms with E-state index in [2.05, 4.69) is 227 Å². The van der Waals surface area contributed by atoms with Gasteiger partial charge in [0.25, 0.3) is 0 Å². The zero-order chi connectivity index (χ0) is 43.9. The number of rotatable bonds is 3. The fourth-order valence-electron chi connectivity index (χ4n) is 13.3. The summed E-state index contributed by atoms with van der Waals surface area (Å²) in [7, 11) is 0. The first-order chi connectivity index (χ1) is 33.8. The molecule has 2 nitrogen and oxygen atoms in total. The van der Waals surface area contributed by atoms with Gasteiger partial charge in [-0.1, -0.05) is 182 Å². The van der Waals surface area contributed by atoms with Crippen molar-refractivity contribution in [3.05, 3.63) is 218 Å². The SMILES string of the molecule is c1cc2ccc3cccc4c(-c5c6cccc(-c7cccc8c7c7cccc9c%10ccccc%10n8c97)c6cc6c(-c7cccc8c7c7cccc9c%10ccccc%10n8c97)cccc56)cc(c1)c2c34. The Bertz CT molecular complexity index is 4780. The quantitative estimate of drug-likeness (QED) is 0.124. The minimum Gasteiger partial charge on any atom is -0.308 e. The summed E-state index contributed by atoms with van der Waals surface area (Å²) in [4.78, 5) is 0. The number of para-hydroxylation sites is 4. The maximum atomic E-state index is 2.53. The van der Waals surface area contributed by atoms with Crippen molar-refractivity contribution in [1.82, 2.24) is 8.80 Å². The third-order valence-corrected chi connectivity index (χ3v) is 15.9. The number of hydrogen-bond acceptors (Lipinski definition) is 0. The van der Waals surface area contributed by atoms with Gasteiger partial charge >= 0.3 is 0 Å². The molecule has 2 heteroatoms. The molecular weight excluding hydrogens is 821 g/mol. The van der Waals surface area contributed by atoms with E-state index in [0.717, 1.165) is 0 Å². The molecule has 0 bridgehead atoms. The molecule has 4 heterocycles. The van der Waals surface area contributed by atoms with Gasteiger partial charge in [0.1, 0.15) is 0 Å². The smallest absolute Gasteiger partial charge is 0.0620 e. The number of fused-ring (bicyclic) bond motifs is 14. The Hall–Kier alpha value is -8.98. The molecule has 0 atom stereocenters. The lowest BCUT2D eigenvalue weighted by Crippen LogP contribution is -1.93. The second-order valence-corrected chi connectivity index (χ2v) is 19.0. The van der Waals surface area contributed by atoms with Crippen LogP contribution in [-0.4, -0.2) is 8.80 Å². The van der Waals surface area contributed by atoms with Crippen molar-refractivity contribution < 1.29 is 0 Å². The standard InChI is InChI=1S/C66H36N2/c1-3-29-56-42(16-1)49-25-9-27-51-63-44(23-11-31-58(63)67(56)65(49)51)40-18-7-21-46-53(40)36-54-41(45-24-12-32-59-64(45)52-28-10-26-50-43-17-2-4-30-57(43)68(59)66(50)52)19-8-22-47(54)62(46)55-35-39-15-5-13-37-33-34-38-14-6-20-48(55)61(38)60(37)39/h1-36H. The fraction of sp³-hybridized carbons (Fsp3) is 0. The molecule has 0 N–H and O–H groups in total. The lowest BCUT2D eigenvalue weighted by Gasteiger charge is -2.20. The predicted octanol–water partition coefficient (Wildman–Crippen LogP) is 18.2. The molecule has 0 aliphatic heterocycles. The van der Waals surface area contributed by atoms with Crippen molar-refractivity contribution in [3.8, 4) is 33.4 Å². The molecule has 4 aromatic heterocycles. The average Bonchev–Trinajstić information content (AvgIpc) is 4.14. The van der Waals surface area contributed by atoms with Gasteiger partial charge < -0.3 is 8.80 Å². The van der Waals surface area contributed by atoms with Crippen molar-refractivity contribution in [1.29, 1.82) is 0 Å². The largest absolute Gasteiger partial charge is 0.308 e. The molecule has 0 saturated carbocycles. The Morgan fingerprint density at radius 1 is 0.206 bits per heavy atom. The maximum Gasteiger partial charge on any atom is 0.0620 e. The normalized spacial score (nSPS) is 12.7. The summed E-state index contributed by atoms with van der Waals surface area (Å²) in [5.41, 5.74) is 15.1. The maximum absolute atomic E-state index is 2.53. The van der Waals surface area contributed by atoms with Gasteiger partial charge in [0.15, 0.2) is 0 Å². The highest BCUT2D eigenvalue weighted by Crippen LogP contribution is 2.51. The van der Waals surface area contributed by atoms with Gasteiger partial charge in [0.2, 0.25) is 0 Å². The molecule has 0 unspecified atom stereocenters. The molecule has 0 amide bonds. The summed E-state index contributed by atoms with van der Waals surface area (Å²) in [6.45, 7) is 0. The monoisotopic (exact) mass is 856 g/mol. The highest BCUT2D eigenvalue weighted by atomic mass is 14.9. The molecular formula is C66H36N2. The van der Waals surface area contributed by atoms with E-state index in [-0.39, 0.29) is 0 Å². The summed E-state index contributed by atoms with van der Waals surface area (Å²) in [6, 6.07) is 82.7. The van der Waals surface area contributed by atoms with Crippen molar-refractivity contribution >= 4 is 130 Å². The lowest BCUT2D eigenvalue weighted by atomic mass is 9.82. The van der Waals surface area contributed by atoms with Crippen molar-refractivity contribution in [2.24, 2.45) is 0 Å². The zero-order valence-corrected chi connectivity index (χ0v) is 36.7. The van der Waals surface area contributed by atoms with Crippen LogP contribution in [0.25, 0.3) is 163 Å². The van der Waals surface area contributed by atoms with Crippen LogP contribution in [0.3, 0.4) is 0 Å². The van der Waals surface area contributed by atoms with E-state index in [0.29, 0.717) is 0 Å². The number of benzene rings is 13. The Kier molecular flexibility index (Phi) is 6.47. The van der Waals surface area contributed by atoms with Crippen LogP contribution in [0.15, 0.2) is 218 Å². The average molecular weight is 857 g/mol. The Labute approximate surface area is 388 Å². The topological polar surface area (TPSA) is 8.82 Å². The van der Waals surface area contributed by atoms with Crippen LogP contribution < -0.4 is 0 Å². The second kappa shape index (κ2) is 12.5. The van der Waals surface area contributed by atoms with Crippen LogP contribution >= 0.6 is 0 Å². The van der Waals surface area contributed by atoms with E-state index in [1.165, 1.54) is 163 Å². The van der Waals surface area contributed by atoms with Crippen LogP contribution in [0, 0.1) is 0 Å². The van der Waals surface area contributed by atoms with Crippen molar-refractivity contribution in [2.75, 3.05) is 0 Å². The molecule has 17 rings (SSSR count). The third kappa shape index (κ3) is 4.22. The van der Waals surface area contributed by atoms with Gasteiger partial charge in [0.05, 0.1) is 33.1 Å². The number of nitrogens with zero attached hydrogens (tertiary/aromatic N) is 2. The molecule has 0 aliphatic rings. The molecule has 13 aromatic carbocycles. The summed E-state index contributed by atoms with van der Waals surface area (Å²) >= 11 is 0. The summed E-state index contributed by atoms with van der Waals surface area (Å²) < 4.78 is 5.01. The molecule has 0 radical (unpaired) electrons. The van der Waals surface area contributed by atoms with Crippen LogP contribution in [0.5, 0.6) is 0 Å². The Morgan fingerprint density at radius 3 is 1.22 bits per heavy atom. The first kappa shape index (κ1) is 35.3. The van der Waals surface area contributed by atoms with E-state index in [4.69, 9.17) is 0 Å². The van der Waals surface area contributed by atoms with Gasteiger partial charge in [-0.2, -0.15) is 0 Å². The van der Waals surface area contributed by atoms with Crippen LogP contribution in [0.2, 0.25) is 0 Å². The van der Waals surface area contributed by atoms with Crippen molar-refractivity contribution in [3.63, 3.8) is 0 Å². The van der Waals surface area contributed by atoms with Gasteiger partial charge in [-0.25, -0.2) is 0 Å². The van der Waals surface area contributed by atoms with Crippen LogP contribution in [0.1, 0.15) is 0 Å². The van der Waals surface area contributed by atoms with Gasteiger partial charge in [-0.05, 0) is 124 Å². The van der Waals surface area contributed by atoms with E-state index in [1.54, 1.807) is 0 Å². The minimum absolute atomic E-state index is 1.24. The lowest BCUT2D eigenvalue weighted by molar-refractivity contribution is 1.37. The van der Waals surface area contributed by atoms with Crippen molar-refractivity contribution in [2.45, 2.75) is 0 Å². The highest BCUT2D eigenvalue weighted by molar-refractivity contribution is 6.33. The van der Waals surface area contributed by atoms with Gasteiger partial charge in [-0.3, -0.25) is 0 Å². The highest BCUT2D eigenvalue weighted by Gasteiger charge is 2.25. The van der Waals surface area contributed by atoms with E-state index >= 15 is 0 Å². The van der Waals surface area contributed by atoms with E-state index in [9.17, 15) is 0 Å². The van der Waals surface area contributed by atoms with E-state index < -0.39 is 0 Å². The molecule has 17 aromatic rings. The minimum atomic E-state index is 1.24. The third-order valence-electron chi connectivity index (χ3n) is 15.9. The number of aromatic nitrogens is 2.